The molecule has 2 aliphatic carbocycles. The highest BCUT2D eigenvalue weighted by Gasteiger charge is 2.35. The van der Waals surface area contributed by atoms with E-state index in [1.165, 1.54) is 11.3 Å². The van der Waals surface area contributed by atoms with Crippen LogP contribution in [-0.2, 0) is 47.7 Å². The minimum absolute atomic E-state index is 0.115. The van der Waals surface area contributed by atoms with Crippen LogP contribution in [0.5, 0.6) is 34.5 Å². The summed E-state index contributed by atoms with van der Waals surface area (Å²) in [6, 6.07) is 22.5. The van der Waals surface area contributed by atoms with Gasteiger partial charge >= 0.3 is 35.8 Å². The number of esters is 6. The Morgan fingerprint density at radius 2 is 0.962 bits per heavy atom. The average molecular weight is 1090 g/mol. The molecule has 0 aliphatic heterocycles. The van der Waals surface area contributed by atoms with Crippen LogP contribution in [0.2, 0.25) is 0 Å². The van der Waals surface area contributed by atoms with Gasteiger partial charge in [-0.3, -0.25) is 19.2 Å². The Morgan fingerprint density at radius 1 is 0.538 bits per heavy atom. The van der Waals surface area contributed by atoms with E-state index in [0.29, 0.717) is 101 Å². The Kier molecular flexibility index (Phi) is 19.8. The summed E-state index contributed by atoms with van der Waals surface area (Å²) in [7, 11) is 0. The molecule has 0 atom stereocenters. The Hall–Kier alpha value is -7.87. The monoisotopic (exact) mass is 1090 g/mol. The first kappa shape index (κ1) is 56.3. The Bertz CT molecular complexity index is 2930. The molecular weight excluding hydrogens is 1030 g/mol. The van der Waals surface area contributed by atoms with Crippen molar-refractivity contribution in [1.82, 2.24) is 4.98 Å². The number of hydrogen-bond donors (Lipinski definition) is 0. The van der Waals surface area contributed by atoms with Crippen LogP contribution in [0, 0.1) is 37.5 Å². The number of benzene rings is 4. The molecule has 0 bridgehead atoms. The third-order valence-electron chi connectivity index (χ3n) is 13.2. The van der Waals surface area contributed by atoms with Crippen LogP contribution in [0.3, 0.4) is 0 Å². The summed E-state index contributed by atoms with van der Waals surface area (Å²) in [4.78, 5) is 81.2. The highest BCUT2D eigenvalue weighted by atomic mass is 32.1. The van der Waals surface area contributed by atoms with Crippen molar-refractivity contribution in [3.05, 3.63) is 115 Å². The molecule has 2 saturated carbocycles. The molecule has 0 saturated heterocycles. The number of thiazole rings is 1. The molecule has 0 N–H and O–H groups in total. The van der Waals surface area contributed by atoms with Gasteiger partial charge < -0.3 is 51.8 Å². The topological polar surface area (TPSA) is 221 Å². The lowest BCUT2D eigenvalue weighted by Gasteiger charge is -2.26. The minimum atomic E-state index is -0.513. The molecule has 2 heterocycles. The zero-order chi connectivity index (χ0) is 55.0. The summed E-state index contributed by atoms with van der Waals surface area (Å²) in [5.41, 5.74) is 3.12. The number of nitrogens with zero attached hydrogens (tertiary/aromatic N) is 1. The van der Waals surface area contributed by atoms with Gasteiger partial charge in [-0.05, 0) is 149 Å². The zero-order valence-electron chi connectivity index (χ0n) is 43.5. The number of ether oxygens (including phenoxy) is 10. The van der Waals surface area contributed by atoms with Gasteiger partial charge in [0, 0.05) is 17.5 Å². The number of carbonyl (C=O) groups is 6. The second-order valence-corrected chi connectivity index (χ2v) is 19.8. The van der Waals surface area contributed by atoms with Crippen molar-refractivity contribution in [3.8, 4) is 45.3 Å². The van der Waals surface area contributed by atoms with Crippen LogP contribution in [0.15, 0.2) is 109 Å². The van der Waals surface area contributed by atoms with Crippen molar-refractivity contribution in [1.29, 1.82) is 0 Å². The SMILES string of the molecule is C=CC(=O)OCCOCCOc1ccc(OC(=O)C2CCC(C(=O)Oc3ccc(OC(=O)C4CCC(C(=O)Oc5ccc(OCCOCCOC(=O)C=C)cc5)CC4)c4sc(-c5cc6c(C)cc(C)cc6o5)nc34)CC2)cc1. The second-order valence-electron chi connectivity index (χ2n) is 18.8. The van der Waals surface area contributed by atoms with E-state index in [2.05, 4.69) is 19.2 Å². The second kappa shape index (κ2) is 27.4. The van der Waals surface area contributed by atoms with E-state index >= 15 is 0 Å². The van der Waals surface area contributed by atoms with Crippen molar-refractivity contribution in [2.75, 3.05) is 52.9 Å². The maximum Gasteiger partial charge on any atom is 0.330 e. The molecule has 2 fully saturated rings. The van der Waals surface area contributed by atoms with Gasteiger partial charge in [-0.2, -0.15) is 0 Å². The number of furan rings is 1. The van der Waals surface area contributed by atoms with E-state index in [1.807, 2.05) is 26.0 Å². The molecule has 0 spiro atoms. The Balaban J connectivity index is 0.835. The van der Waals surface area contributed by atoms with Gasteiger partial charge in [0.2, 0.25) is 0 Å². The summed E-state index contributed by atoms with van der Waals surface area (Å²) < 4.78 is 62.2. The maximum atomic E-state index is 13.8. The van der Waals surface area contributed by atoms with Crippen molar-refractivity contribution >= 4 is 68.3 Å². The number of fused-ring (bicyclic) bond motifs is 2. The van der Waals surface area contributed by atoms with Gasteiger partial charge in [0.05, 0.1) is 50.1 Å². The van der Waals surface area contributed by atoms with Crippen molar-refractivity contribution in [2.45, 2.75) is 65.2 Å². The number of aryl methyl sites for hydroxylation is 2. The predicted molar refractivity (Wildman–Crippen MR) is 286 cm³/mol. The fraction of sp³-hybridized carbons (Fsp3) is 0.373. The summed E-state index contributed by atoms with van der Waals surface area (Å²) in [5.74, 6) is -1.67. The minimum Gasteiger partial charge on any atom is -0.491 e. The highest BCUT2D eigenvalue weighted by molar-refractivity contribution is 7.22. The standard InChI is InChI=1S/C59H61NO17S/c1-5-51(61)71-31-27-67-25-29-69-42-15-19-44(20-16-42)73-56(63)38-7-11-40(12-8-38)58(65)76-47-23-24-48(54-53(47)60-55(78-54)50-35-46-37(4)33-36(3)34-49(46)75-50)77-59(66)41-13-9-39(10-14-41)57(64)74-45-21-17-43(18-22-45)70-30-26-68-28-32-72-52(62)6-2/h5-6,15-24,33-35,38-41H,1-2,7-14,25-32H2,3-4H3. The van der Waals surface area contributed by atoms with Gasteiger partial charge in [0.1, 0.15) is 65.2 Å². The molecule has 6 aromatic rings. The lowest BCUT2D eigenvalue weighted by atomic mass is 9.82. The summed E-state index contributed by atoms with van der Waals surface area (Å²) in [5, 5.41) is 1.43. The number of aromatic nitrogens is 1. The molecule has 0 radical (unpaired) electrons. The number of carbonyl (C=O) groups excluding carboxylic acids is 6. The fourth-order valence-electron chi connectivity index (χ4n) is 9.10. The highest BCUT2D eigenvalue weighted by Crippen LogP contribution is 2.44. The summed E-state index contributed by atoms with van der Waals surface area (Å²) in [6.45, 7) is 12.5. The smallest absolute Gasteiger partial charge is 0.330 e. The third kappa shape index (κ3) is 15.4. The van der Waals surface area contributed by atoms with Crippen molar-refractivity contribution in [3.63, 3.8) is 0 Å². The van der Waals surface area contributed by atoms with Gasteiger partial charge in [0.15, 0.2) is 22.3 Å². The van der Waals surface area contributed by atoms with E-state index in [0.717, 1.165) is 28.7 Å². The van der Waals surface area contributed by atoms with Crippen LogP contribution >= 0.6 is 11.3 Å². The lowest BCUT2D eigenvalue weighted by Crippen LogP contribution is -2.30. The van der Waals surface area contributed by atoms with Crippen molar-refractivity contribution in [2.24, 2.45) is 23.7 Å². The molecule has 0 unspecified atom stereocenters. The summed E-state index contributed by atoms with van der Waals surface area (Å²) >= 11 is 1.25. The predicted octanol–water partition coefficient (Wildman–Crippen LogP) is 10.2. The Morgan fingerprint density at radius 3 is 1.44 bits per heavy atom. The van der Waals surface area contributed by atoms with Crippen LogP contribution in [0.4, 0.5) is 0 Å². The molecule has 2 aromatic heterocycles. The molecule has 18 nitrogen and oxygen atoms in total. The molecule has 78 heavy (non-hydrogen) atoms. The van der Waals surface area contributed by atoms with Gasteiger partial charge in [-0.25, -0.2) is 14.6 Å². The number of rotatable bonds is 25. The average Bonchev–Trinajstić information content (AvgIpc) is 4.18. The first-order chi connectivity index (χ1) is 37.8. The van der Waals surface area contributed by atoms with Crippen molar-refractivity contribution < 1.29 is 80.6 Å². The van der Waals surface area contributed by atoms with Crippen LogP contribution < -0.4 is 28.4 Å². The lowest BCUT2D eigenvalue weighted by molar-refractivity contribution is -0.145. The third-order valence-corrected chi connectivity index (χ3v) is 14.3. The van der Waals surface area contributed by atoms with Gasteiger partial charge in [0.25, 0.3) is 0 Å². The Labute approximate surface area is 454 Å². The molecule has 0 amide bonds. The molecule has 19 heteroatoms. The largest absolute Gasteiger partial charge is 0.491 e. The molecule has 2 aliphatic rings. The van der Waals surface area contributed by atoms with E-state index in [4.69, 9.17) is 56.8 Å². The molecular formula is C59H61NO17S. The number of hydrogen-bond acceptors (Lipinski definition) is 19. The van der Waals surface area contributed by atoms with E-state index in [9.17, 15) is 28.8 Å². The van der Waals surface area contributed by atoms with Gasteiger partial charge in [-0.1, -0.05) is 19.2 Å². The molecule has 4 aromatic carbocycles. The van der Waals surface area contributed by atoms with Crippen LogP contribution in [0.1, 0.15) is 62.5 Å². The zero-order valence-corrected chi connectivity index (χ0v) is 44.3. The summed E-state index contributed by atoms with van der Waals surface area (Å²) in [6.07, 6.45) is 5.52. The maximum absolute atomic E-state index is 13.8. The van der Waals surface area contributed by atoms with E-state index in [1.54, 1.807) is 60.7 Å². The van der Waals surface area contributed by atoms with Crippen LogP contribution in [0.25, 0.3) is 32.0 Å². The van der Waals surface area contributed by atoms with E-state index < -0.39 is 47.5 Å². The quantitative estimate of drug-likeness (QED) is 0.0225. The van der Waals surface area contributed by atoms with Gasteiger partial charge in [-0.15, -0.1) is 11.3 Å². The molecule has 8 rings (SSSR count). The first-order valence-electron chi connectivity index (χ1n) is 25.8. The van der Waals surface area contributed by atoms with E-state index in [-0.39, 0.29) is 76.3 Å². The normalized spacial score (nSPS) is 17.1. The van der Waals surface area contributed by atoms with Crippen LogP contribution in [-0.4, -0.2) is 93.7 Å². The first-order valence-corrected chi connectivity index (χ1v) is 26.7. The fourth-order valence-corrected chi connectivity index (χ4v) is 10.1. The molecule has 410 valence electrons.